The second-order valence-corrected chi connectivity index (χ2v) is 4.31. The number of hydrogen-bond acceptors (Lipinski definition) is 4. The quantitative estimate of drug-likeness (QED) is 0.663. The third-order valence-corrected chi connectivity index (χ3v) is 2.99. The zero-order valence-electron chi connectivity index (χ0n) is 10.5. The maximum Gasteiger partial charge on any atom is 0.316 e. The van der Waals surface area contributed by atoms with Crippen molar-refractivity contribution in [3.63, 3.8) is 0 Å². The number of fused-ring (bicyclic) bond motifs is 1. The lowest BCUT2D eigenvalue weighted by atomic mass is 10.0. The van der Waals surface area contributed by atoms with Gasteiger partial charge in [-0.2, -0.15) is 0 Å². The Bertz CT molecular complexity index is 777. The van der Waals surface area contributed by atoms with E-state index in [9.17, 15) is 4.79 Å². The summed E-state index contributed by atoms with van der Waals surface area (Å²) >= 11 is 0. The Morgan fingerprint density at radius 1 is 1.15 bits per heavy atom. The molecule has 0 aliphatic heterocycles. The van der Waals surface area contributed by atoms with E-state index in [1.165, 1.54) is 0 Å². The Morgan fingerprint density at radius 3 is 2.60 bits per heavy atom. The van der Waals surface area contributed by atoms with E-state index in [-0.39, 0.29) is 0 Å². The first-order valence-electron chi connectivity index (χ1n) is 5.96. The van der Waals surface area contributed by atoms with Gasteiger partial charge in [-0.25, -0.2) is 4.79 Å². The van der Waals surface area contributed by atoms with E-state index in [0.29, 0.717) is 17.1 Å². The van der Waals surface area contributed by atoms with E-state index in [2.05, 4.69) is 10.5 Å². The fraction of sp³-hybridized carbons (Fsp3) is 0. The van der Waals surface area contributed by atoms with Crippen LogP contribution in [-0.4, -0.2) is 11.2 Å². The molecule has 0 saturated carbocycles. The van der Waals surface area contributed by atoms with E-state index in [0.717, 1.165) is 16.5 Å². The van der Waals surface area contributed by atoms with Crippen LogP contribution in [0.1, 0.15) is 0 Å². The smallest absolute Gasteiger partial charge is 0.316 e. The number of primary amides is 1. The van der Waals surface area contributed by atoms with Crippen molar-refractivity contribution < 1.29 is 9.32 Å². The number of aromatic nitrogens is 1. The summed E-state index contributed by atoms with van der Waals surface area (Å²) in [5.74, 6) is 0.356. The van der Waals surface area contributed by atoms with E-state index < -0.39 is 6.03 Å². The van der Waals surface area contributed by atoms with Gasteiger partial charge in [-0.15, -0.1) is 0 Å². The van der Waals surface area contributed by atoms with Gasteiger partial charge in [0.2, 0.25) is 0 Å². The molecule has 0 atom stereocenters. The molecule has 1 heterocycles. The lowest BCUT2D eigenvalue weighted by Gasteiger charge is -2.05. The van der Waals surface area contributed by atoms with Gasteiger partial charge in [0.1, 0.15) is 0 Å². The van der Waals surface area contributed by atoms with Gasteiger partial charge < -0.3 is 21.3 Å². The second-order valence-electron chi connectivity index (χ2n) is 4.31. The molecule has 0 fully saturated rings. The van der Waals surface area contributed by atoms with Crippen molar-refractivity contribution in [2.24, 2.45) is 5.73 Å². The molecule has 0 aliphatic rings. The van der Waals surface area contributed by atoms with Crippen LogP contribution in [-0.2, 0) is 0 Å². The van der Waals surface area contributed by atoms with Gasteiger partial charge in [0, 0.05) is 5.69 Å². The Hall–Kier alpha value is -3.02. The maximum absolute atomic E-state index is 10.8. The van der Waals surface area contributed by atoms with Crippen LogP contribution in [0.3, 0.4) is 0 Å². The molecule has 0 unspecified atom stereocenters. The average Bonchev–Trinajstić information content (AvgIpc) is 2.81. The molecule has 5 N–H and O–H groups in total. The molecule has 100 valence electrons. The molecule has 20 heavy (non-hydrogen) atoms. The topological polar surface area (TPSA) is 107 Å². The first kappa shape index (κ1) is 12.0. The highest BCUT2D eigenvalue weighted by Crippen LogP contribution is 2.32. The first-order chi connectivity index (χ1) is 9.65. The summed E-state index contributed by atoms with van der Waals surface area (Å²) < 4.78 is 5.14. The number of carbonyl (C=O) groups excluding carboxylic acids is 1. The normalized spacial score (nSPS) is 10.6. The molecule has 1 aromatic heterocycles. The van der Waals surface area contributed by atoms with Crippen molar-refractivity contribution in [3.05, 3.63) is 42.5 Å². The molecular weight excluding hydrogens is 256 g/mol. The van der Waals surface area contributed by atoms with Gasteiger partial charge in [-0.1, -0.05) is 29.4 Å². The van der Waals surface area contributed by atoms with E-state index in [4.69, 9.17) is 16.0 Å². The predicted octanol–water partition coefficient (Wildman–Crippen LogP) is 2.57. The van der Waals surface area contributed by atoms with Crippen LogP contribution in [0.4, 0.5) is 16.3 Å². The molecule has 6 nitrogen and oxygen atoms in total. The van der Waals surface area contributed by atoms with Crippen LogP contribution in [0.5, 0.6) is 0 Å². The Labute approximate surface area is 114 Å². The van der Waals surface area contributed by atoms with Gasteiger partial charge in [-0.05, 0) is 29.3 Å². The SMILES string of the molecule is NC(=O)Nc1ccc(-c2cccc3onc(N)c23)cc1. The lowest BCUT2D eigenvalue weighted by Crippen LogP contribution is -2.19. The average molecular weight is 268 g/mol. The van der Waals surface area contributed by atoms with Crippen LogP contribution in [0.25, 0.3) is 22.1 Å². The summed E-state index contributed by atoms with van der Waals surface area (Å²) in [6.45, 7) is 0. The number of nitrogens with zero attached hydrogens (tertiary/aromatic N) is 1. The van der Waals surface area contributed by atoms with Gasteiger partial charge in [0.15, 0.2) is 11.4 Å². The first-order valence-corrected chi connectivity index (χ1v) is 5.96. The lowest BCUT2D eigenvalue weighted by molar-refractivity contribution is 0.259. The molecular formula is C14H12N4O2. The zero-order chi connectivity index (χ0) is 14.1. The second kappa shape index (κ2) is 4.58. The highest BCUT2D eigenvalue weighted by atomic mass is 16.5. The standard InChI is InChI=1S/C14H12N4O2/c15-13-12-10(2-1-3-11(12)20-18-13)8-4-6-9(7-5-8)17-14(16)19/h1-7H,(H2,15,18)(H3,16,17,19). The number of nitrogen functional groups attached to an aromatic ring is 1. The fourth-order valence-corrected chi connectivity index (χ4v) is 2.13. The number of nitrogens with two attached hydrogens (primary N) is 2. The number of nitrogens with one attached hydrogen (secondary N) is 1. The van der Waals surface area contributed by atoms with E-state index in [1.807, 2.05) is 30.3 Å². The molecule has 0 aliphatic carbocycles. The summed E-state index contributed by atoms with van der Waals surface area (Å²) in [4.78, 5) is 10.8. The highest BCUT2D eigenvalue weighted by molar-refractivity contribution is 6.00. The Balaban J connectivity index is 2.07. The summed E-state index contributed by atoms with van der Waals surface area (Å²) in [6, 6.07) is 12.3. The number of carbonyl (C=O) groups is 1. The Morgan fingerprint density at radius 2 is 1.90 bits per heavy atom. The molecule has 2 aromatic carbocycles. The largest absolute Gasteiger partial charge is 0.380 e. The maximum atomic E-state index is 10.8. The molecule has 0 spiro atoms. The summed E-state index contributed by atoms with van der Waals surface area (Å²) in [6.07, 6.45) is 0. The molecule has 0 radical (unpaired) electrons. The minimum Gasteiger partial charge on any atom is -0.380 e. The summed E-state index contributed by atoms with van der Waals surface area (Å²) in [5.41, 5.74) is 14.0. The predicted molar refractivity (Wildman–Crippen MR) is 77.1 cm³/mol. The van der Waals surface area contributed by atoms with Crippen LogP contribution in [0, 0.1) is 0 Å². The van der Waals surface area contributed by atoms with Gasteiger partial charge in [0.05, 0.1) is 5.39 Å². The third-order valence-electron chi connectivity index (χ3n) is 2.99. The Kier molecular flexibility index (Phi) is 2.76. The monoisotopic (exact) mass is 268 g/mol. The molecule has 2 amide bonds. The number of anilines is 2. The van der Waals surface area contributed by atoms with E-state index in [1.54, 1.807) is 12.1 Å². The number of benzene rings is 2. The van der Waals surface area contributed by atoms with E-state index >= 15 is 0 Å². The van der Waals surface area contributed by atoms with Gasteiger partial charge in [0.25, 0.3) is 0 Å². The van der Waals surface area contributed by atoms with Crippen LogP contribution in [0.2, 0.25) is 0 Å². The number of rotatable bonds is 2. The summed E-state index contributed by atoms with van der Waals surface area (Å²) in [5, 5.41) is 7.06. The number of hydrogen-bond donors (Lipinski definition) is 3. The van der Waals surface area contributed by atoms with Gasteiger partial charge in [-0.3, -0.25) is 0 Å². The zero-order valence-corrected chi connectivity index (χ0v) is 10.5. The molecule has 0 saturated heterocycles. The minimum atomic E-state index is -0.594. The van der Waals surface area contributed by atoms with Crippen molar-refractivity contribution in [2.75, 3.05) is 11.1 Å². The molecule has 3 rings (SSSR count). The summed E-state index contributed by atoms with van der Waals surface area (Å²) in [7, 11) is 0. The molecule has 3 aromatic rings. The van der Waals surface area contributed by atoms with Crippen LogP contribution in [0.15, 0.2) is 47.0 Å². The molecule has 6 heteroatoms. The fourth-order valence-electron chi connectivity index (χ4n) is 2.13. The van der Waals surface area contributed by atoms with Crippen LogP contribution < -0.4 is 16.8 Å². The van der Waals surface area contributed by atoms with Crippen molar-refractivity contribution >= 4 is 28.5 Å². The van der Waals surface area contributed by atoms with Crippen molar-refractivity contribution in [3.8, 4) is 11.1 Å². The minimum absolute atomic E-state index is 0.356. The molecule has 0 bridgehead atoms. The highest BCUT2D eigenvalue weighted by Gasteiger charge is 2.11. The van der Waals surface area contributed by atoms with Crippen molar-refractivity contribution in [1.29, 1.82) is 0 Å². The van der Waals surface area contributed by atoms with Gasteiger partial charge >= 0.3 is 6.03 Å². The third kappa shape index (κ3) is 2.03. The number of urea groups is 1. The van der Waals surface area contributed by atoms with Crippen molar-refractivity contribution in [1.82, 2.24) is 5.16 Å². The van der Waals surface area contributed by atoms with Crippen molar-refractivity contribution in [2.45, 2.75) is 0 Å². The van der Waals surface area contributed by atoms with Crippen LogP contribution >= 0.6 is 0 Å². The number of amides is 2.